The van der Waals surface area contributed by atoms with Gasteiger partial charge in [-0.25, -0.2) is 13.2 Å². The normalized spacial score (nSPS) is 13.8. The van der Waals surface area contributed by atoms with Crippen molar-refractivity contribution in [3.05, 3.63) is 111 Å². The smallest absolute Gasteiger partial charge is 0.332 e. The largest absolute Gasteiger partial charge is 0.493 e. The van der Waals surface area contributed by atoms with Crippen LogP contribution < -0.4 is 16.7 Å². The third kappa shape index (κ3) is 10.0. The summed E-state index contributed by atoms with van der Waals surface area (Å²) in [5, 5.41) is 25.7. The monoisotopic (exact) mass is 741 g/mol. The first-order valence-corrected chi connectivity index (χ1v) is 18.6. The molecule has 1 heterocycles. The van der Waals surface area contributed by atoms with Crippen LogP contribution in [-0.4, -0.2) is 70.3 Å². The number of hydrogen-bond donors (Lipinski definition) is 4. The number of hydrogen-bond acceptors (Lipinski definition) is 8. The van der Waals surface area contributed by atoms with Crippen LogP contribution in [0.2, 0.25) is 5.02 Å². The second-order valence-electron chi connectivity index (χ2n) is 13.5. The number of nitrogen functional groups attached to an aromatic ring is 1. The van der Waals surface area contributed by atoms with E-state index in [0.29, 0.717) is 6.61 Å². The molecule has 0 saturated heterocycles. The fraction of sp³-hybridized carbons (Fsp3) is 0.405. The fourth-order valence-electron chi connectivity index (χ4n) is 6.02. The number of aromatic nitrogens is 2. The molecule has 0 fully saturated rings. The molecule has 0 aliphatic heterocycles. The molecule has 3 aromatic carbocycles. The maximum atomic E-state index is 14.1. The van der Waals surface area contributed by atoms with E-state index >= 15 is 0 Å². The molecule has 5 N–H and O–H groups in total. The standard InChI is InChI=1S/C37H48ClN5O7S/c1-24(2)19-41(51(48,49)29-14-15-30(38)31(39)18-29)21-33(44)32(17-26-10-7-6-8-11-26)40-36(46)35(25(3)4)43-22-34(45)42(37(43)47)20-27-12-9-13-28(16-27)23-50-5/h6-16,18,22,24-25,32-33,35,44-45H,17,19-21,23,39H2,1-5H3,(H,40,46)/t32-,33+,35-/m0/s1. The number of amides is 1. The van der Waals surface area contributed by atoms with E-state index in [9.17, 15) is 28.2 Å². The van der Waals surface area contributed by atoms with Crippen molar-refractivity contribution in [3.63, 3.8) is 0 Å². The lowest BCUT2D eigenvalue weighted by Gasteiger charge is -2.32. The van der Waals surface area contributed by atoms with Gasteiger partial charge in [-0.1, -0.05) is 93.9 Å². The molecule has 0 spiro atoms. The Morgan fingerprint density at radius 3 is 2.27 bits per heavy atom. The molecule has 0 bridgehead atoms. The highest BCUT2D eigenvalue weighted by molar-refractivity contribution is 7.89. The van der Waals surface area contributed by atoms with Gasteiger partial charge < -0.3 is 26.0 Å². The topological polar surface area (TPSA) is 169 Å². The maximum absolute atomic E-state index is 14.1. The van der Waals surface area contributed by atoms with Crippen molar-refractivity contribution in [3.8, 4) is 5.88 Å². The van der Waals surface area contributed by atoms with Crippen LogP contribution in [0.5, 0.6) is 5.88 Å². The molecule has 12 nitrogen and oxygen atoms in total. The molecule has 0 aliphatic carbocycles. The van der Waals surface area contributed by atoms with Crippen LogP contribution in [0.4, 0.5) is 5.69 Å². The molecule has 0 aliphatic rings. The third-order valence-corrected chi connectivity index (χ3v) is 10.7. The summed E-state index contributed by atoms with van der Waals surface area (Å²) in [4.78, 5) is 27.8. The summed E-state index contributed by atoms with van der Waals surface area (Å²) in [6.07, 6.45) is 0.0403. The number of nitrogens with zero attached hydrogens (tertiary/aromatic N) is 3. The predicted molar refractivity (Wildman–Crippen MR) is 198 cm³/mol. The van der Waals surface area contributed by atoms with Crippen LogP contribution in [0.1, 0.15) is 50.4 Å². The number of nitrogens with one attached hydrogen (secondary N) is 1. The van der Waals surface area contributed by atoms with Gasteiger partial charge >= 0.3 is 5.69 Å². The average Bonchev–Trinajstić information content (AvgIpc) is 3.33. The number of methoxy groups -OCH3 is 1. The zero-order valence-electron chi connectivity index (χ0n) is 29.6. The van der Waals surface area contributed by atoms with Gasteiger partial charge in [-0.05, 0) is 53.1 Å². The Labute approximate surface area is 304 Å². The van der Waals surface area contributed by atoms with Crippen LogP contribution in [0.15, 0.2) is 88.7 Å². The van der Waals surface area contributed by atoms with Crippen molar-refractivity contribution in [2.24, 2.45) is 11.8 Å². The Kier molecular flexibility index (Phi) is 13.5. The molecule has 0 radical (unpaired) electrons. The van der Waals surface area contributed by atoms with E-state index in [-0.39, 0.29) is 53.5 Å². The third-order valence-electron chi connectivity index (χ3n) is 8.48. The summed E-state index contributed by atoms with van der Waals surface area (Å²) >= 11 is 6.06. The van der Waals surface area contributed by atoms with E-state index in [2.05, 4.69) is 5.32 Å². The number of carbonyl (C=O) groups is 1. The molecule has 0 unspecified atom stereocenters. The number of sulfonamides is 1. The molecule has 51 heavy (non-hydrogen) atoms. The van der Waals surface area contributed by atoms with Crippen molar-refractivity contribution in [1.29, 1.82) is 0 Å². The van der Waals surface area contributed by atoms with E-state index in [1.54, 1.807) is 21.0 Å². The first-order chi connectivity index (χ1) is 24.1. The Morgan fingerprint density at radius 2 is 1.65 bits per heavy atom. The average molecular weight is 742 g/mol. The molecular formula is C37H48ClN5O7S. The minimum atomic E-state index is -4.14. The lowest BCUT2D eigenvalue weighted by atomic mass is 9.98. The number of halogens is 1. The molecule has 3 atom stereocenters. The number of imidazole rings is 1. The van der Waals surface area contributed by atoms with E-state index in [4.69, 9.17) is 22.1 Å². The van der Waals surface area contributed by atoms with Crippen molar-refractivity contribution in [2.45, 2.75) is 70.4 Å². The van der Waals surface area contributed by atoms with Gasteiger partial charge in [-0.15, -0.1) is 0 Å². The van der Waals surface area contributed by atoms with Gasteiger partial charge in [0.1, 0.15) is 6.04 Å². The summed E-state index contributed by atoms with van der Waals surface area (Å²) in [5.41, 5.74) is 7.91. The number of ether oxygens (including phenoxy) is 1. The van der Waals surface area contributed by atoms with Crippen LogP contribution in [0.3, 0.4) is 0 Å². The van der Waals surface area contributed by atoms with E-state index in [1.165, 1.54) is 37.8 Å². The van der Waals surface area contributed by atoms with Crippen molar-refractivity contribution >= 4 is 33.2 Å². The second kappa shape index (κ2) is 17.4. The van der Waals surface area contributed by atoms with Crippen molar-refractivity contribution in [1.82, 2.24) is 18.8 Å². The van der Waals surface area contributed by atoms with E-state index in [1.807, 2.05) is 68.4 Å². The van der Waals surface area contributed by atoms with Crippen molar-refractivity contribution < 1.29 is 28.2 Å². The van der Waals surface area contributed by atoms with Gasteiger partial charge in [-0.2, -0.15) is 4.31 Å². The minimum absolute atomic E-state index is 0.0659. The molecule has 276 valence electrons. The summed E-state index contributed by atoms with van der Waals surface area (Å²) in [6.45, 7) is 7.46. The minimum Gasteiger partial charge on any atom is -0.493 e. The Balaban J connectivity index is 1.65. The van der Waals surface area contributed by atoms with Gasteiger partial charge in [0, 0.05) is 20.2 Å². The Morgan fingerprint density at radius 1 is 0.980 bits per heavy atom. The number of nitrogens with two attached hydrogens (primary N) is 1. The highest BCUT2D eigenvalue weighted by Gasteiger charge is 2.34. The van der Waals surface area contributed by atoms with Crippen molar-refractivity contribution in [2.75, 3.05) is 25.9 Å². The molecular weight excluding hydrogens is 694 g/mol. The zero-order valence-corrected chi connectivity index (χ0v) is 31.1. The van der Waals surface area contributed by atoms with E-state index in [0.717, 1.165) is 16.7 Å². The highest BCUT2D eigenvalue weighted by Crippen LogP contribution is 2.26. The van der Waals surface area contributed by atoms with Crippen LogP contribution in [0, 0.1) is 11.8 Å². The summed E-state index contributed by atoms with van der Waals surface area (Å²) in [7, 11) is -2.55. The van der Waals surface area contributed by atoms with Gasteiger partial charge in [0.25, 0.3) is 0 Å². The van der Waals surface area contributed by atoms with Crippen LogP contribution in [-0.2, 0) is 39.1 Å². The predicted octanol–water partition coefficient (Wildman–Crippen LogP) is 4.42. The molecule has 4 rings (SSSR count). The van der Waals surface area contributed by atoms with E-state index < -0.39 is 45.7 Å². The zero-order chi connectivity index (χ0) is 37.5. The molecule has 14 heteroatoms. The van der Waals surface area contributed by atoms with Gasteiger partial charge in [0.05, 0.1) is 47.1 Å². The number of anilines is 1. The van der Waals surface area contributed by atoms with Gasteiger partial charge in [0.15, 0.2) is 0 Å². The number of rotatable bonds is 17. The summed E-state index contributed by atoms with van der Waals surface area (Å²) in [6, 6.07) is 18.6. The summed E-state index contributed by atoms with van der Waals surface area (Å²) in [5.74, 6) is -1.40. The second-order valence-corrected chi connectivity index (χ2v) is 15.8. The molecule has 0 saturated carbocycles. The molecule has 1 amide bonds. The number of carbonyl (C=O) groups excluding carboxylic acids is 1. The van der Waals surface area contributed by atoms with Gasteiger partial charge in [-0.3, -0.25) is 13.9 Å². The summed E-state index contributed by atoms with van der Waals surface area (Å²) < 4.78 is 36.5. The molecule has 4 aromatic rings. The van der Waals surface area contributed by atoms with Crippen LogP contribution >= 0.6 is 11.6 Å². The Bertz CT molecular complexity index is 1950. The highest BCUT2D eigenvalue weighted by atomic mass is 35.5. The fourth-order valence-corrected chi connectivity index (χ4v) is 7.79. The SMILES string of the molecule is COCc1cccc(Cn2c(O)cn([C@H](C(=O)N[C@@H](Cc3ccccc3)[C@H](O)CN(CC(C)C)S(=O)(=O)c3ccc(Cl)c(N)c3)C(C)C)c2=O)c1. The quantitative estimate of drug-likeness (QED) is 0.115. The number of aliphatic hydroxyl groups is 1. The lowest BCUT2D eigenvalue weighted by molar-refractivity contribution is -0.127. The van der Waals surface area contributed by atoms with Crippen LogP contribution in [0.25, 0.3) is 0 Å². The first kappa shape index (κ1) is 39.6. The first-order valence-electron chi connectivity index (χ1n) is 16.8. The lowest BCUT2D eigenvalue weighted by Crippen LogP contribution is -2.53. The van der Waals surface area contributed by atoms with Gasteiger partial charge in [0.2, 0.25) is 21.8 Å². The number of aromatic hydroxyl groups is 1. The Hall–Kier alpha value is -4.14. The molecule has 1 aromatic heterocycles. The number of aliphatic hydroxyl groups excluding tert-OH is 1. The number of benzene rings is 3. The maximum Gasteiger partial charge on any atom is 0.332 e.